The average Bonchev–Trinajstić information content (AvgIpc) is 3.10. The van der Waals surface area contributed by atoms with Crippen molar-refractivity contribution in [1.29, 1.82) is 5.26 Å². The molecule has 0 radical (unpaired) electrons. The number of hydrogen-bond acceptors (Lipinski definition) is 6. The van der Waals surface area contributed by atoms with Crippen molar-refractivity contribution in [3.05, 3.63) is 45.1 Å². The Morgan fingerprint density at radius 1 is 1.32 bits per heavy atom. The molecule has 3 aromatic rings. The van der Waals surface area contributed by atoms with Gasteiger partial charge in [0, 0.05) is 17.1 Å². The molecule has 7 heteroatoms. The number of aromatic nitrogens is 2. The lowest BCUT2D eigenvalue weighted by molar-refractivity contribution is 0.411. The number of thiophene rings is 1. The van der Waals surface area contributed by atoms with Crippen LogP contribution in [0.3, 0.4) is 0 Å². The largest absolute Gasteiger partial charge is 0.495 e. The highest BCUT2D eigenvalue weighted by atomic mass is 32.2. The lowest BCUT2D eigenvalue weighted by Crippen LogP contribution is -2.22. The molecular formula is C21H21N3O2S2. The highest BCUT2D eigenvalue weighted by Crippen LogP contribution is 2.36. The Bertz CT molecular complexity index is 1110. The molecule has 0 bridgehead atoms. The monoisotopic (exact) mass is 411 g/mol. The first kappa shape index (κ1) is 19.0. The number of benzene rings is 1. The van der Waals surface area contributed by atoms with Gasteiger partial charge in [-0.2, -0.15) is 5.26 Å². The molecular weight excluding hydrogens is 390 g/mol. The lowest BCUT2D eigenvalue weighted by Gasteiger charge is -2.15. The van der Waals surface area contributed by atoms with Crippen LogP contribution in [0.4, 0.5) is 0 Å². The van der Waals surface area contributed by atoms with Gasteiger partial charge >= 0.3 is 0 Å². The minimum atomic E-state index is -0.0170. The van der Waals surface area contributed by atoms with Crippen LogP contribution < -0.4 is 10.3 Å². The number of nitriles is 1. The summed E-state index contributed by atoms with van der Waals surface area (Å²) in [5.41, 5.74) is 1.88. The van der Waals surface area contributed by atoms with Gasteiger partial charge < -0.3 is 4.74 Å². The first-order chi connectivity index (χ1) is 13.7. The molecule has 0 N–H and O–H groups in total. The molecule has 1 aliphatic rings. The Morgan fingerprint density at radius 2 is 2.14 bits per heavy atom. The van der Waals surface area contributed by atoms with Gasteiger partial charge in [0.1, 0.15) is 10.6 Å². The zero-order valence-electron chi connectivity index (χ0n) is 15.7. The van der Waals surface area contributed by atoms with Crippen LogP contribution in [0.15, 0.2) is 34.2 Å². The first-order valence-electron chi connectivity index (χ1n) is 9.45. The number of nitrogens with zero attached hydrogens (tertiary/aromatic N) is 3. The van der Waals surface area contributed by atoms with Crippen molar-refractivity contribution in [3.8, 4) is 17.5 Å². The van der Waals surface area contributed by atoms with Gasteiger partial charge in [-0.15, -0.1) is 11.3 Å². The maximum absolute atomic E-state index is 13.6. The molecule has 0 spiro atoms. The molecule has 0 saturated carbocycles. The molecule has 0 amide bonds. The summed E-state index contributed by atoms with van der Waals surface area (Å²) in [6.07, 6.45) is 5.55. The molecule has 0 atom stereocenters. The molecule has 0 unspecified atom stereocenters. The molecule has 2 heterocycles. The van der Waals surface area contributed by atoms with Crippen molar-refractivity contribution in [3.63, 3.8) is 0 Å². The van der Waals surface area contributed by atoms with Crippen LogP contribution in [0.5, 0.6) is 5.75 Å². The number of fused-ring (bicyclic) bond motifs is 3. The van der Waals surface area contributed by atoms with Gasteiger partial charge in [-0.05, 0) is 49.8 Å². The molecule has 1 aliphatic carbocycles. The van der Waals surface area contributed by atoms with E-state index in [1.54, 1.807) is 23.0 Å². The van der Waals surface area contributed by atoms with Gasteiger partial charge in [0.15, 0.2) is 5.16 Å². The second kappa shape index (κ2) is 8.38. The van der Waals surface area contributed by atoms with E-state index in [1.165, 1.54) is 28.6 Å². The van der Waals surface area contributed by atoms with E-state index in [0.29, 0.717) is 23.0 Å². The van der Waals surface area contributed by atoms with Crippen LogP contribution in [0.25, 0.3) is 15.9 Å². The lowest BCUT2D eigenvalue weighted by atomic mass is 9.97. The number of para-hydroxylation sites is 2. The molecule has 2 aromatic heterocycles. The summed E-state index contributed by atoms with van der Waals surface area (Å²) in [6, 6.07) is 9.73. The maximum Gasteiger partial charge on any atom is 0.267 e. The maximum atomic E-state index is 13.6. The molecule has 4 rings (SSSR count). The molecule has 1 aromatic carbocycles. The number of rotatable bonds is 6. The highest BCUT2D eigenvalue weighted by Gasteiger charge is 2.23. The second-order valence-electron chi connectivity index (χ2n) is 6.71. The molecule has 28 heavy (non-hydrogen) atoms. The summed E-state index contributed by atoms with van der Waals surface area (Å²) >= 11 is 3.19. The third-order valence-electron chi connectivity index (χ3n) is 4.95. The van der Waals surface area contributed by atoms with Crippen molar-refractivity contribution < 1.29 is 4.74 Å². The van der Waals surface area contributed by atoms with Crippen LogP contribution in [0, 0.1) is 11.3 Å². The summed E-state index contributed by atoms with van der Waals surface area (Å²) in [4.78, 5) is 20.7. The number of hydrogen-bond donors (Lipinski definition) is 0. The van der Waals surface area contributed by atoms with Crippen LogP contribution in [0.2, 0.25) is 0 Å². The van der Waals surface area contributed by atoms with Crippen molar-refractivity contribution in [2.24, 2.45) is 0 Å². The van der Waals surface area contributed by atoms with Gasteiger partial charge in [-0.3, -0.25) is 9.36 Å². The van der Waals surface area contributed by atoms with Crippen LogP contribution in [0.1, 0.15) is 36.1 Å². The van der Waals surface area contributed by atoms with Crippen LogP contribution in [-0.2, 0) is 12.8 Å². The van der Waals surface area contributed by atoms with Crippen molar-refractivity contribution in [2.45, 2.75) is 43.7 Å². The van der Waals surface area contributed by atoms with E-state index in [-0.39, 0.29) is 5.56 Å². The number of ether oxygens (including phenoxy) is 1. The Labute approximate surface area is 172 Å². The van der Waals surface area contributed by atoms with Gasteiger partial charge in [-0.25, -0.2) is 4.98 Å². The number of aryl methyl sites for hydroxylation is 2. The third kappa shape index (κ3) is 3.43. The standard InChI is InChI=1S/C21H21N3O2S2/c1-26-16-10-4-3-9-15(16)24-20(25)18-14-8-2-5-11-17(14)28-19(18)23-21(24)27-13-7-6-12-22/h3-4,9-10H,2,5-8,11,13H2,1H3. The fourth-order valence-electron chi connectivity index (χ4n) is 3.62. The van der Waals surface area contributed by atoms with E-state index in [0.717, 1.165) is 41.7 Å². The highest BCUT2D eigenvalue weighted by molar-refractivity contribution is 7.99. The van der Waals surface area contributed by atoms with Crippen LogP contribution >= 0.6 is 23.1 Å². The zero-order valence-corrected chi connectivity index (χ0v) is 17.4. The summed E-state index contributed by atoms with van der Waals surface area (Å²) in [7, 11) is 1.61. The van der Waals surface area contributed by atoms with Crippen molar-refractivity contribution >= 4 is 33.3 Å². The topological polar surface area (TPSA) is 67.9 Å². The Kier molecular flexibility index (Phi) is 5.69. The van der Waals surface area contributed by atoms with E-state index >= 15 is 0 Å². The molecule has 5 nitrogen and oxygen atoms in total. The third-order valence-corrected chi connectivity index (χ3v) is 7.16. The second-order valence-corrected chi connectivity index (χ2v) is 8.85. The van der Waals surface area contributed by atoms with Crippen molar-refractivity contribution in [2.75, 3.05) is 12.9 Å². The predicted molar refractivity (Wildman–Crippen MR) is 114 cm³/mol. The minimum Gasteiger partial charge on any atom is -0.495 e. The summed E-state index contributed by atoms with van der Waals surface area (Å²) in [6.45, 7) is 0. The average molecular weight is 412 g/mol. The Balaban J connectivity index is 1.92. The normalized spacial score (nSPS) is 13.3. The Morgan fingerprint density at radius 3 is 2.96 bits per heavy atom. The fourth-order valence-corrected chi connectivity index (χ4v) is 5.87. The summed E-state index contributed by atoms with van der Waals surface area (Å²) in [5.74, 6) is 1.39. The van der Waals surface area contributed by atoms with Crippen LogP contribution in [-0.4, -0.2) is 22.4 Å². The van der Waals surface area contributed by atoms with Crippen molar-refractivity contribution in [1.82, 2.24) is 9.55 Å². The Hall–Kier alpha value is -2.30. The van der Waals surface area contributed by atoms with E-state index in [2.05, 4.69) is 6.07 Å². The quantitative estimate of drug-likeness (QED) is 0.333. The predicted octanol–water partition coefficient (Wildman–Crippen LogP) is 4.73. The molecule has 0 fully saturated rings. The van der Waals surface area contributed by atoms with E-state index in [1.807, 2.05) is 24.3 Å². The minimum absolute atomic E-state index is 0.0170. The van der Waals surface area contributed by atoms with E-state index in [4.69, 9.17) is 15.0 Å². The van der Waals surface area contributed by atoms with Gasteiger partial charge in [-0.1, -0.05) is 23.9 Å². The first-order valence-corrected chi connectivity index (χ1v) is 11.2. The molecule has 0 saturated heterocycles. The van der Waals surface area contributed by atoms with Gasteiger partial charge in [0.05, 0.1) is 24.3 Å². The summed E-state index contributed by atoms with van der Waals surface area (Å²) in [5, 5.41) is 10.2. The van der Waals surface area contributed by atoms with Gasteiger partial charge in [0.25, 0.3) is 5.56 Å². The number of methoxy groups -OCH3 is 1. The number of unbranched alkanes of at least 4 members (excludes halogenated alkanes) is 1. The summed E-state index contributed by atoms with van der Waals surface area (Å²) < 4.78 is 7.22. The molecule has 144 valence electrons. The number of thioether (sulfide) groups is 1. The van der Waals surface area contributed by atoms with Gasteiger partial charge in [0.2, 0.25) is 0 Å². The SMILES string of the molecule is COc1ccccc1-n1c(SCCCC#N)nc2sc3c(c2c1=O)CCCC3. The smallest absolute Gasteiger partial charge is 0.267 e. The van der Waals surface area contributed by atoms with E-state index in [9.17, 15) is 4.79 Å². The fraction of sp³-hybridized carbons (Fsp3) is 0.381. The van der Waals surface area contributed by atoms with E-state index < -0.39 is 0 Å². The molecule has 0 aliphatic heterocycles. The zero-order chi connectivity index (χ0) is 19.5.